The molecule has 1 amide bonds. The van der Waals surface area contributed by atoms with Gasteiger partial charge in [0, 0.05) is 29.8 Å². The molecule has 3 rings (SSSR count). The van der Waals surface area contributed by atoms with E-state index < -0.39 is 0 Å². The first-order valence-corrected chi connectivity index (χ1v) is 7.27. The summed E-state index contributed by atoms with van der Waals surface area (Å²) in [5.74, 6) is 0.902. The van der Waals surface area contributed by atoms with Crippen molar-refractivity contribution in [1.82, 2.24) is 4.90 Å². The van der Waals surface area contributed by atoms with Crippen LogP contribution in [0.3, 0.4) is 0 Å². The second-order valence-electron chi connectivity index (χ2n) is 5.29. The van der Waals surface area contributed by atoms with Crippen LogP contribution in [0.1, 0.15) is 31.4 Å². The molecule has 0 spiro atoms. The average molecular weight is 291 g/mol. The van der Waals surface area contributed by atoms with Crippen molar-refractivity contribution in [3.05, 3.63) is 36.0 Å². The van der Waals surface area contributed by atoms with E-state index >= 15 is 0 Å². The molecule has 1 aliphatic rings. The maximum Gasteiger partial charge on any atom is 0.409 e. The number of halogens is 1. The van der Waals surface area contributed by atoms with Crippen molar-refractivity contribution in [3.63, 3.8) is 0 Å². The second kappa shape index (κ2) is 5.76. The maximum atomic E-state index is 13.2. The van der Waals surface area contributed by atoms with Crippen LogP contribution in [0.2, 0.25) is 0 Å². The lowest BCUT2D eigenvalue weighted by Gasteiger charge is -2.30. The van der Waals surface area contributed by atoms with Gasteiger partial charge in [0.05, 0.1) is 12.9 Å². The molecular formula is C16H18FNO3. The zero-order valence-electron chi connectivity index (χ0n) is 12.0. The molecule has 1 aliphatic heterocycles. The summed E-state index contributed by atoms with van der Waals surface area (Å²) in [7, 11) is 0. The fourth-order valence-electron chi connectivity index (χ4n) is 2.90. The Kier molecular flexibility index (Phi) is 3.82. The zero-order valence-corrected chi connectivity index (χ0v) is 12.0. The van der Waals surface area contributed by atoms with Crippen molar-refractivity contribution >= 4 is 16.9 Å². The van der Waals surface area contributed by atoms with E-state index in [1.54, 1.807) is 24.2 Å². The van der Waals surface area contributed by atoms with Gasteiger partial charge in [-0.3, -0.25) is 0 Å². The molecule has 0 aliphatic carbocycles. The summed E-state index contributed by atoms with van der Waals surface area (Å²) in [4.78, 5) is 13.4. The lowest BCUT2D eigenvalue weighted by Crippen LogP contribution is -2.38. The van der Waals surface area contributed by atoms with Gasteiger partial charge in [0.15, 0.2) is 0 Å². The summed E-state index contributed by atoms with van der Waals surface area (Å²) in [5.41, 5.74) is 0. The van der Waals surface area contributed by atoms with Crippen molar-refractivity contribution in [1.29, 1.82) is 0 Å². The van der Waals surface area contributed by atoms with Gasteiger partial charge in [-0.25, -0.2) is 9.18 Å². The van der Waals surface area contributed by atoms with E-state index in [4.69, 9.17) is 9.15 Å². The Morgan fingerprint density at radius 3 is 2.90 bits per heavy atom. The topological polar surface area (TPSA) is 42.7 Å². The predicted octanol–water partition coefficient (Wildman–Crippen LogP) is 3.91. The minimum Gasteiger partial charge on any atom is -0.468 e. The molecule has 5 heteroatoms. The highest BCUT2D eigenvalue weighted by Gasteiger charge is 2.27. The molecule has 1 aromatic heterocycles. The smallest absolute Gasteiger partial charge is 0.409 e. The van der Waals surface area contributed by atoms with Crippen LogP contribution in [0.25, 0.3) is 10.8 Å². The number of rotatable bonds is 2. The Hall–Kier alpha value is -2.04. The van der Waals surface area contributed by atoms with Crippen molar-refractivity contribution < 1.29 is 18.3 Å². The molecule has 112 valence electrons. The van der Waals surface area contributed by atoms with Crippen LogP contribution in [0.5, 0.6) is 0 Å². The molecule has 0 atom stereocenters. The molecule has 4 nitrogen and oxygen atoms in total. The number of fused-ring (bicyclic) bond motifs is 1. The molecule has 0 radical (unpaired) electrons. The lowest BCUT2D eigenvalue weighted by atomic mass is 9.92. The normalized spacial score (nSPS) is 16.4. The van der Waals surface area contributed by atoms with E-state index in [9.17, 15) is 9.18 Å². The van der Waals surface area contributed by atoms with E-state index in [1.807, 2.05) is 0 Å². The first kappa shape index (κ1) is 13.9. The molecule has 0 N–H and O–H groups in total. The Labute approximate surface area is 122 Å². The fraction of sp³-hybridized carbons (Fsp3) is 0.438. The monoisotopic (exact) mass is 291 g/mol. The number of likely N-dealkylation sites (tertiary alicyclic amines) is 1. The molecule has 1 aromatic carbocycles. The average Bonchev–Trinajstić information content (AvgIpc) is 2.90. The summed E-state index contributed by atoms with van der Waals surface area (Å²) in [6, 6.07) is 4.70. The van der Waals surface area contributed by atoms with Crippen molar-refractivity contribution in [2.75, 3.05) is 19.7 Å². The van der Waals surface area contributed by atoms with Gasteiger partial charge in [-0.2, -0.15) is 0 Å². The Bertz CT molecular complexity index is 644. The highest BCUT2D eigenvalue weighted by atomic mass is 19.1. The molecule has 1 saturated heterocycles. The van der Waals surface area contributed by atoms with Gasteiger partial charge in [-0.15, -0.1) is 0 Å². The van der Waals surface area contributed by atoms with Crippen molar-refractivity contribution in [2.45, 2.75) is 25.7 Å². The third kappa shape index (κ3) is 2.73. The van der Waals surface area contributed by atoms with Crippen LogP contribution in [0, 0.1) is 5.82 Å². The number of hydrogen-bond donors (Lipinski definition) is 0. The fourth-order valence-corrected chi connectivity index (χ4v) is 2.90. The van der Waals surface area contributed by atoms with Gasteiger partial charge in [0.25, 0.3) is 0 Å². The third-order valence-corrected chi connectivity index (χ3v) is 3.98. The van der Waals surface area contributed by atoms with Gasteiger partial charge < -0.3 is 14.1 Å². The highest BCUT2D eigenvalue weighted by Crippen LogP contribution is 2.34. The van der Waals surface area contributed by atoms with E-state index in [1.165, 1.54) is 12.1 Å². The number of amides is 1. The summed E-state index contributed by atoms with van der Waals surface area (Å²) >= 11 is 0. The van der Waals surface area contributed by atoms with E-state index in [2.05, 4.69) is 0 Å². The number of carbonyl (C=O) groups is 1. The third-order valence-electron chi connectivity index (χ3n) is 3.98. The largest absolute Gasteiger partial charge is 0.468 e. The number of hydrogen-bond acceptors (Lipinski definition) is 3. The molecule has 2 heterocycles. The van der Waals surface area contributed by atoms with Gasteiger partial charge in [0.2, 0.25) is 0 Å². The van der Waals surface area contributed by atoms with Crippen molar-refractivity contribution in [2.24, 2.45) is 0 Å². The molecule has 0 bridgehead atoms. The molecule has 21 heavy (non-hydrogen) atoms. The summed E-state index contributed by atoms with van der Waals surface area (Å²) < 4.78 is 23.9. The number of piperidine rings is 1. The molecule has 0 saturated carbocycles. The van der Waals surface area contributed by atoms with Gasteiger partial charge >= 0.3 is 6.09 Å². The van der Waals surface area contributed by atoms with E-state index in [-0.39, 0.29) is 17.8 Å². The maximum absolute atomic E-state index is 13.2. The second-order valence-corrected chi connectivity index (χ2v) is 5.29. The number of carbonyl (C=O) groups excluding carboxylic acids is 1. The quantitative estimate of drug-likeness (QED) is 0.842. The summed E-state index contributed by atoms with van der Waals surface area (Å²) in [6.07, 6.45) is 3.02. The van der Waals surface area contributed by atoms with Crippen LogP contribution in [0.15, 0.2) is 28.9 Å². The van der Waals surface area contributed by atoms with Crippen LogP contribution >= 0.6 is 0 Å². The van der Waals surface area contributed by atoms with Crippen molar-refractivity contribution in [3.8, 4) is 0 Å². The van der Waals surface area contributed by atoms with E-state index in [0.29, 0.717) is 19.7 Å². The minimum atomic E-state index is -0.257. The number of furan rings is 1. The lowest BCUT2D eigenvalue weighted by molar-refractivity contribution is 0.0959. The first-order chi connectivity index (χ1) is 10.2. The van der Waals surface area contributed by atoms with Crippen LogP contribution < -0.4 is 0 Å². The molecule has 2 aromatic rings. The van der Waals surface area contributed by atoms with Gasteiger partial charge in [0.1, 0.15) is 11.6 Å². The Morgan fingerprint density at radius 2 is 2.19 bits per heavy atom. The summed E-state index contributed by atoms with van der Waals surface area (Å²) in [5, 5.41) is 1.75. The number of nitrogens with zero attached hydrogens (tertiary/aromatic N) is 1. The number of ether oxygens (including phenoxy) is 1. The van der Waals surface area contributed by atoms with Gasteiger partial charge in [-0.1, -0.05) is 0 Å². The standard InChI is InChI=1S/C16H18FNO3/c1-2-20-16(19)18-7-5-11(6-8-18)15-14-4-3-13(17)9-12(14)10-21-15/h3-4,9-11H,2,5-8H2,1H3. The molecular weight excluding hydrogens is 273 g/mol. The Balaban J connectivity index is 1.72. The molecule has 1 fully saturated rings. The first-order valence-electron chi connectivity index (χ1n) is 7.27. The van der Waals surface area contributed by atoms with Crippen LogP contribution in [0.4, 0.5) is 9.18 Å². The van der Waals surface area contributed by atoms with Gasteiger partial charge in [-0.05, 0) is 38.0 Å². The zero-order chi connectivity index (χ0) is 14.8. The van der Waals surface area contributed by atoms with E-state index in [0.717, 1.165) is 29.4 Å². The Morgan fingerprint density at radius 1 is 1.43 bits per heavy atom. The number of benzene rings is 1. The van der Waals surface area contributed by atoms with Crippen LogP contribution in [-0.2, 0) is 4.74 Å². The predicted molar refractivity (Wildman–Crippen MR) is 76.7 cm³/mol. The SMILES string of the molecule is CCOC(=O)N1CCC(c2occ3cc(F)ccc23)CC1. The molecule has 0 unspecified atom stereocenters. The summed E-state index contributed by atoms with van der Waals surface area (Å²) in [6.45, 7) is 3.52. The minimum absolute atomic E-state index is 0.248. The highest BCUT2D eigenvalue weighted by molar-refractivity contribution is 5.84. The van der Waals surface area contributed by atoms with Crippen LogP contribution in [-0.4, -0.2) is 30.7 Å².